The molecule has 0 aliphatic carbocycles. The smallest absolute Gasteiger partial charge is 0.426 e. The molecule has 1 aliphatic rings. The number of ether oxygens (including phenoxy) is 2. The highest BCUT2D eigenvalue weighted by Crippen LogP contribution is 2.40. The summed E-state index contributed by atoms with van der Waals surface area (Å²) in [7, 11) is -1.87. The number of hydrogen-bond donors (Lipinski definition) is 0. The minimum Gasteiger partial charge on any atom is -0.426 e. The van der Waals surface area contributed by atoms with Crippen molar-refractivity contribution in [1.29, 1.82) is 0 Å². The van der Waals surface area contributed by atoms with Crippen molar-refractivity contribution >= 4 is 20.3 Å². The van der Waals surface area contributed by atoms with Gasteiger partial charge in [0.25, 0.3) is 0 Å². The Kier molecular flexibility index (Phi) is 6.90. The van der Waals surface area contributed by atoms with Crippen LogP contribution in [-0.2, 0) is 18.7 Å². The van der Waals surface area contributed by atoms with Crippen LogP contribution in [0.5, 0.6) is 0 Å². The molecule has 0 saturated carbocycles. The average molecular weight is 373 g/mol. The van der Waals surface area contributed by atoms with Gasteiger partial charge in [0, 0.05) is 31.3 Å². The molecule has 146 valence electrons. The maximum absolute atomic E-state index is 12.0. The molecule has 1 rings (SSSR count). The molecule has 0 spiro atoms. The predicted molar refractivity (Wildman–Crippen MR) is 101 cm³/mol. The number of cyclic esters (lactones) is 2. The minimum absolute atomic E-state index is 0.00509. The van der Waals surface area contributed by atoms with Crippen LogP contribution in [-0.4, -0.2) is 38.6 Å². The summed E-state index contributed by atoms with van der Waals surface area (Å²) < 4.78 is 17.3. The van der Waals surface area contributed by atoms with Crippen LogP contribution in [0.15, 0.2) is 0 Å². The molecule has 0 aromatic carbocycles. The van der Waals surface area contributed by atoms with Gasteiger partial charge >= 0.3 is 6.16 Å². The van der Waals surface area contributed by atoms with E-state index in [1.807, 2.05) is 27.7 Å². The van der Waals surface area contributed by atoms with Crippen LogP contribution in [0.25, 0.3) is 0 Å². The van der Waals surface area contributed by atoms with Crippen molar-refractivity contribution in [3.05, 3.63) is 0 Å². The molecule has 1 aliphatic heterocycles. The Morgan fingerprint density at radius 1 is 1.32 bits per heavy atom. The molecule has 0 radical (unpaired) electrons. The number of hydrogen-bond acceptors (Lipinski definition) is 5. The fraction of sp³-hybridized carbons (Fsp3) is 0.895. The summed E-state index contributed by atoms with van der Waals surface area (Å²) in [6.07, 6.45) is -0.0962. The molecule has 5 nitrogen and oxygen atoms in total. The molecule has 0 unspecified atom stereocenters. The van der Waals surface area contributed by atoms with E-state index in [9.17, 15) is 9.59 Å². The van der Waals surface area contributed by atoms with Crippen molar-refractivity contribution in [2.75, 3.05) is 6.61 Å². The molecule has 1 saturated heterocycles. The number of carbonyl (C=O) groups is 2. The molecule has 0 bridgehead atoms. The molecular weight excluding hydrogens is 336 g/mol. The van der Waals surface area contributed by atoms with Crippen LogP contribution in [0.4, 0.5) is 4.79 Å². The molecule has 0 aromatic heterocycles. The van der Waals surface area contributed by atoms with Gasteiger partial charge in [-0.05, 0) is 25.1 Å². The van der Waals surface area contributed by atoms with E-state index in [0.29, 0.717) is 19.4 Å². The summed E-state index contributed by atoms with van der Waals surface area (Å²) in [5.74, 6) is 0.00288. The van der Waals surface area contributed by atoms with Gasteiger partial charge in [-0.3, -0.25) is 4.79 Å². The van der Waals surface area contributed by atoms with E-state index in [2.05, 4.69) is 33.9 Å². The number of Topliss-reactive ketones (excluding diaryl/α,β-unsaturated/α-hetero) is 1. The third kappa shape index (κ3) is 5.30. The maximum atomic E-state index is 12.0. The van der Waals surface area contributed by atoms with E-state index >= 15 is 0 Å². The molecule has 0 N–H and O–H groups in total. The number of rotatable bonds is 8. The van der Waals surface area contributed by atoms with Gasteiger partial charge in [0.15, 0.2) is 13.9 Å². The fourth-order valence-corrected chi connectivity index (χ4v) is 4.20. The van der Waals surface area contributed by atoms with Crippen LogP contribution >= 0.6 is 0 Å². The Morgan fingerprint density at radius 3 is 2.36 bits per heavy atom. The largest absolute Gasteiger partial charge is 0.509 e. The van der Waals surface area contributed by atoms with Gasteiger partial charge in [-0.1, -0.05) is 41.5 Å². The van der Waals surface area contributed by atoms with Crippen molar-refractivity contribution < 1.29 is 23.5 Å². The van der Waals surface area contributed by atoms with Gasteiger partial charge in [0.2, 0.25) is 0 Å². The molecule has 25 heavy (non-hydrogen) atoms. The van der Waals surface area contributed by atoms with E-state index in [1.54, 1.807) is 0 Å². The Hall–Kier alpha value is -0.883. The first-order valence-corrected chi connectivity index (χ1v) is 12.2. The van der Waals surface area contributed by atoms with Crippen LogP contribution < -0.4 is 0 Å². The summed E-state index contributed by atoms with van der Waals surface area (Å²) in [6.45, 7) is 19.2. The minimum atomic E-state index is -1.87. The van der Waals surface area contributed by atoms with E-state index in [-0.39, 0.29) is 22.7 Å². The zero-order valence-corrected chi connectivity index (χ0v) is 18.4. The van der Waals surface area contributed by atoms with Crippen molar-refractivity contribution in [2.24, 2.45) is 11.8 Å². The lowest BCUT2D eigenvalue weighted by Crippen LogP contribution is -2.47. The first-order valence-electron chi connectivity index (χ1n) is 9.30. The SMILES string of the molecule is CCC(=O)[C@H](C)C[C@@]1(C)OC(=O)O[C@@H]1[C@@H](C)CO[Si](C)(C)C(C)(C)C. The Balaban J connectivity index is 2.82. The lowest BCUT2D eigenvalue weighted by atomic mass is 9.81. The third-order valence-corrected chi connectivity index (χ3v) is 10.3. The topological polar surface area (TPSA) is 61.8 Å². The summed E-state index contributed by atoms with van der Waals surface area (Å²) >= 11 is 0. The zero-order valence-electron chi connectivity index (χ0n) is 17.4. The molecule has 0 aromatic rings. The second-order valence-electron chi connectivity index (χ2n) is 9.18. The maximum Gasteiger partial charge on any atom is 0.509 e. The number of carbonyl (C=O) groups excluding carboxylic acids is 2. The van der Waals surface area contributed by atoms with Gasteiger partial charge in [-0.25, -0.2) is 4.79 Å². The standard InChI is InChI=1S/C19H36O5Si/c1-10-15(20)13(2)11-19(7)16(23-17(21)24-19)14(3)12-22-25(8,9)18(4,5)6/h13-14,16H,10-12H2,1-9H3/t13-,14+,16-,19-/m1/s1. The highest BCUT2D eigenvalue weighted by Gasteiger charge is 2.51. The molecule has 4 atom stereocenters. The van der Waals surface area contributed by atoms with E-state index < -0.39 is 26.2 Å². The highest BCUT2D eigenvalue weighted by molar-refractivity contribution is 6.74. The predicted octanol–water partition coefficient (Wildman–Crippen LogP) is 4.94. The summed E-state index contributed by atoms with van der Waals surface area (Å²) in [5, 5.41) is 0.126. The summed E-state index contributed by atoms with van der Waals surface area (Å²) in [6, 6.07) is 0. The average Bonchev–Trinajstić information content (AvgIpc) is 2.77. The van der Waals surface area contributed by atoms with E-state index in [4.69, 9.17) is 13.9 Å². The van der Waals surface area contributed by atoms with Gasteiger partial charge in [-0.15, -0.1) is 0 Å². The lowest BCUT2D eigenvalue weighted by Gasteiger charge is -2.38. The summed E-state index contributed by atoms with van der Waals surface area (Å²) in [4.78, 5) is 23.8. The van der Waals surface area contributed by atoms with Crippen LogP contribution in [0, 0.1) is 11.8 Å². The third-order valence-electron chi connectivity index (χ3n) is 5.78. The van der Waals surface area contributed by atoms with Crippen molar-refractivity contribution in [1.82, 2.24) is 0 Å². The first kappa shape index (κ1) is 22.2. The molecule has 1 heterocycles. The van der Waals surface area contributed by atoms with Crippen molar-refractivity contribution in [3.8, 4) is 0 Å². The second kappa shape index (κ2) is 7.78. The van der Waals surface area contributed by atoms with Crippen LogP contribution in [0.1, 0.15) is 61.3 Å². The quantitative estimate of drug-likeness (QED) is 0.446. The molecule has 6 heteroatoms. The molecular formula is C19H36O5Si. The van der Waals surface area contributed by atoms with E-state index in [0.717, 1.165) is 0 Å². The molecule has 0 amide bonds. The monoisotopic (exact) mass is 372 g/mol. The van der Waals surface area contributed by atoms with Crippen molar-refractivity contribution in [3.63, 3.8) is 0 Å². The van der Waals surface area contributed by atoms with Crippen molar-refractivity contribution in [2.45, 2.75) is 91.1 Å². The molecule has 1 fully saturated rings. The van der Waals surface area contributed by atoms with Gasteiger partial charge < -0.3 is 13.9 Å². The zero-order chi connectivity index (χ0) is 19.6. The summed E-state index contributed by atoms with van der Waals surface area (Å²) in [5.41, 5.74) is -0.794. The van der Waals surface area contributed by atoms with Gasteiger partial charge in [0.05, 0.1) is 0 Å². The first-order chi connectivity index (χ1) is 11.2. The normalized spacial score (nSPS) is 26.8. The lowest BCUT2D eigenvalue weighted by molar-refractivity contribution is -0.124. The number of ketones is 1. The van der Waals surface area contributed by atoms with E-state index in [1.165, 1.54) is 0 Å². The second-order valence-corrected chi connectivity index (χ2v) is 14.0. The Labute approximate surface area is 153 Å². The van der Waals surface area contributed by atoms with Gasteiger partial charge in [0.1, 0.15) is 11.9 Å². The van der Waals surface area contributed by atoms with Crippen LogP contribution in [0.3, 0.4) is 0 Å². The Morgan fingerprint density at radius 2 is 1.88 bits per heavy atom. The van der Waals surface area contributed by atoms with Crippen LogP contribution in [0.2, 0.25) is 18.1 Å². The van der Waals surface area contributed by atoms with Gasteiger partial charge in [-0.2, -0.15) is 0 Å². The fourth-order valence-electron chi connectivity index (χ4n) is 3.09. The Bertz CT molecular complexity index is 497. The highest BCUT2D eigenvalue weighted by atomic mass is 28.4.